The van der Waals surface area contributed by atoms with Gasteiger partial charge in [-0.25, -0.2) is 0 Å². The summed E-state index contributed by atoms with van der Waals surface area (Å²) < 4.78 is 5.20. The lowest BCUT2D eigenvalue weighted by atomic mass is 9.43. The predicted molar refractivity (Wildman–Crippen MR) is 143 cm³/mol. The van der Waals surface area contributed by atoms with Gasteiger partial charge in [-0.05, 0) is 128 Å². The average Bonchev–Trinajstić information content (AvgIpc) is 3.23. The van der Waals surface area contributed by atoms with Crippen LogP contribution in [0.1, 0.15) is 85.0 Å². The summed E-state index contributed by atoms with van der Waals surface area (Å²) in [6.07, 6.45) is 9.75. The van der Waals surface area contributed by atoms with E-state index in [9.17, 15) is 15.0 Å². The molecule has 3 N–H and O–H groups in total. The summed E-state index contributed by atoms with van der Waals surface area (Å²) in [7, 11) is 1.64. The highest BCUT2D eigenvalue weighted by Crippen LogP contribution is 2.68. The first-order valence-corrected chi connectivity index (χ1v) is 14.5. The Hall–Kier alpha value is -1.59. The lowest BCUT2D eigenvalue weighted by Crippen LogP contribution is -2.58. The summed E-state index contributed by atoms with van der Waals surface area (Å²) in [5.74, 6) is 4.18. The second-order valence-corrected chi connectivity index (χ2v) is 13.2. The molecule has 200 valence electrons. The molecule has 10 atom stereocenters. The van der Waals surface area contributed by atoms with Gasteiger partial charge in [0, 0.05) is 12.1 Å². The van der Waals surface area contributed by atoms with Gasteiger partial charge in [-0.3, -0.25) is 4.79 Å². The number of rotatable bonds is 6. The zero-order chi connectivity index (χ0) is 25.7. The summed E-state index contributed by atoms with van der Waals surface area (Å²) in [4.78, 5) is 12.7. The lowest BCUT2D eigenvalue weighted by Gasteiger charge is -2.62. The number of carbonyl (C=O) groups is 1. The maximum Gasteiger partial charge on any atom is 0.224 e. The molecule has 4 aliphatic carbocycles. The molecule has 0 radical (unpaired) electrons. The molecule has 36 heavy (non-hydrogen) atoms. The van der Waals surface area contributed by atoms with Crippen LogP contribution in [0.15, 0.2) is 24.3 Å². The summed E-state index contributed by atoms with van der Waals surface area (Å²) in [6, 6.07) is 7.47. The Labute approximate surface area is 217 Å². The van der Waals surface area contributed by atoms with E-state index in [0.717, 1.165) is 43.5 Å². The molecule has 5 rings (SSSR count). The summed E-state index contributed by atoms with van der Waals surface area (Å²) in [6.45, 7) is 7.16. The number of nitrogens with one attached hydrogen (secondary N) is 1. The molecule has 0 bridgehead atoms. The standard InChI is InChI=1S/C31H47NO4/c1-19(5-14-29(35)32-21-7-9-23(36-4)10-8-21)25-12-13-26-24-11-6-20-17-22(33)15-16-30(20,2)27(24)18-28(34)31(25,26)3/h7-10,19-20,22,24-28,33-34H,5-6,11-18H2,1-4H3,(H,32,35)/t19-,20-,22-,24+,25-,26+,27+,28+,30+,31-/m1/s1. The number of benzene rings is 1. The normalized spacial score (nSPS) is 42.6. The summed E-state index contributed by atoms with van der Waals surface area (Å²) in [5.41, 5.74) is 1.02. The number of aliphatic hydroxyl groups excluding tert-OH is 2. The van der Waals surface area contributed by atoms with Crippen LogP contribution in [0.4, 0.5) is 5.69 Å². The molecule has 4 saturated carbocycles. The largest absolute Gasteiger partial charge is 0.497 e. The maximum atomic E-state index is 12.7. The van der Waals surface area contributed by atoms with Gasteiger partial charge in [0.25, 0.3) is 0 Å². The van der Waals surface area contributed by atoms with E-state index in [1.54, 1.807) is 7.11 Å². The van der Waals surface area contributed by atoms with E-state index >= 15 is 0 Å². The van der Waals surface area contributed by atoms with Crippen molar-refractivity contribution in [2.45, 2.75) is 97.2 Å². The molecule has 4 fully saturated rings. The zero-order valence-corrected chi connectivity index (χ0v) is 22.7. The van der Waals surface area contributed by atoms with Crippen LogP contribution in [0.3, 0.4) is 0 Å². The van der Waals surface area contributed by atoms with Crippen LogP contribution in [0.2, 0.25) is 0 Å². The van der Waals surface area contributed by atoms with Crippen molar-refractivity contribution in [2.24, 2.45) is 46.3 Å². The number of fused-ring (bicyclic) bond motifs is 5. The highest BCUT2D eigenvalue weighted by atomic mass is 16.5. The molecule has 1 aromatic carbocycles. The van der Waals surface area contributed by atoms with Crippen LogP contribution in [-0.2, 0) is 4.79 Å². The molecule has 0 heterocycles. The van der Waals surface area contributed by atoms with Crippen LogP contribution in [0, 0.1) is 46.3 Å². The second-order valence-electron chi connectivity index (χ2n) is 13.2. The Bertz CT molecular complexity index is 933. The van der Waals surface area contributed by atoms with Gasteiger partial charge < -0.3 is 20.3 Å². The van der Waals surface area contributed by atoms with E-state index in [1.807, 2.05) is 24.3 Å². The minimum absolute atomic E-state index is 0.0512. The zero-order valence-electron chi connectivity index (χ0n) is 22.7. The second kappa shape index (κ2) is 9.94. The van der Waals surface area contributed by atoms with Gasteiger partial charge in [0.15, 0.2) is 0 Å². The smallest absolute Gasteiger partial charge is 0.224 e. The third-order valence-corrected chi connectivity index (χ3v) is 11.7. The highest BCUT2D eigenvalue weighted by Gasteiger charge is 2.63. The number of ether oxygens (including phenoxy) is 1. The average molecular weight is 498 g/mol. The Balaban J connectivity index is 1.23. The van der Waals surface area contributed by atoms with E-state index in [-0.39, 0.29) is 28.9 Å². The van der Waals surface area contributed by atoms with Crippen molar-refractivity contribution < 1.29 is 19.7 Å². The van der Waals surface area contributed by atoms with Crippen LogP contribution >= 0.6 is 0 Å². The number of methoxy groups -OCH3 is 1. The van der Waals surface area contributed by atoms with Gasteiger partial charge in [0.1, 0.15) is 5.75 Å². The molecular weight excluding hydrogens is 450 g/mol. The van der Waals surface area contributed by atoms with E-state index in [0.29, 0.717) is 41.9 Å². The number of anilines is 1. The van der Waals surface area contributed by atoms with Crippen molar-refractivity contribution in [2.75, 3.05) is 12.4 Å². The topological polar surface area (TPSA) is 78.8 Å². The third-order valence-electron chi connectivity index (χ3n) is 11.7. The number of carbonyl (C=O) groups excluding carboxylic acids is 1. The van der Waals surface area contributed by atoms with E-state index in [4.69, 9.17) is 4.74 Å². The van der Waals surface area contributed by atoms with E-state index in [1.165, 1.54) is 25.7 Å². The van der Waals surface area contributed by atoms with E-state index < -0.39 is 0 Å². The predicted octanol–water partition coefficient (Wildman–Crippen LogP) is 6.04. The number of hydrogen-bond acceptors (Lipinski definition) is 4. The first-order valence-electron chi connectivity index (χ1n) is 14.5. The van der Waals surface area contributed by atoms with Crippen molar-refractivity contribution in [3.05, 3.63) is 24.3 Å². The fraction of sp³-hybridized carbons (Fsp3) is 0.774. The number of amides is 1. The minimum Gasteiger partial charge on any atom is -0.497 e. The van der Waals surface area contributed by atoms with Gasteiger partial charge in [-0.1, -0.05) is 20.8 Å². The fourth-order valence-corrected chi connectivity index (χ4v) is 9.62. The molecule has 4 aliphatic rings. The third kappa shape index (κ3) is 4.38. The molecule has 5 nitrogen and oxygen atoms in total. The van der Waals surface area contributed by atoms with E-state index in [2.05, 4.69) is 26.1 Å². The Morgan fingerprint density at radius 2 is 1.81 bits per heavy atom. The summed E-state index contributed by atoms with van der Waals surface area (Å²) in [5, 5.41) is 25.1. The number of aliphatic hydroxyl groups is 2. The molecule has 0 saturated heterocycles. The fourth-order valence-electron chi connectivity index (χ4n) is 9.62. The molecule has 5 heteroatoms. The van der Waals surface area contributed by atoms with Crippen LogP contribution < -0.4 is 10.1 Å². The number of hydrogen-bond donors (Lipinski definition) is 3. The van der Waals surface area contributed by atoms with Crippen LogP contribution in [0.25, 0.3) is 0 Å². The lowest BCUT2D eigenvalue weighted by molar-refractivity contribution is -0.174. The van der Waals surface area contributed by atoms with Gasteiger partial charge >= 0.3 is 0 Å². The first-order chi connectivity index (χ1) is 17.2. The molecule has 0 aromatic heterocycles. The Morgan fingerprint density at radius 3 is 2.53 bits per heavy atom. The summed E-state index contributed by atoms with van der Waals surface area (Å²) >= 11 is 0. The molecule has 0 aliphatic heterocycles. The molecule has 1 amide bonds. The highest BCUT2D eigenvalue weighted by molar-refractivity contribution is 5.90. The van der Waals surface area contributed by atoms with Gasteiger partial charge in [0.2, 0.25) is 5.91 Å². The Morgan fingerprint density at radius 1 is 1.06 bits per heavy atom. The van der Waals surface area contributed by atoms with Gasteiger partial charge in [0.05, 0.1) is 19.3 Å². The van der Waals surface area contributed by atoms with Crippen molar-refractivity contribution >= 4 is 11.6 Å². The van der Waals surface area contributed by atoms with Crippen molar-refractivity contribution in [3.63, 3.8) is 0 Å². The van der Waals surface area contributed by atoms with Gasteiger partial charge in [-0.15, -0.1) is 0 Å². The van der Waals surface area contributed by atoms with Gasteiger partial charge in [-0.2, -0.15) is 0 Å². The van der Waals surface area contributed by atoms with Crippen molar-refractivity contribution in [1.29, 1.82) is 0 Å². The molecular formula is C31H47NO4. The van der Waals surface area contributed by atoms with Crippen molar-refractivity contribution in [3.8, 4) is 5.75 Å². The first kappa shape index (κ1) is 26.0. The maximum absolute atomic E-state index is 12.7. The molecule has 0 spiro atoms. The SMILES string of the molecule is COc1ccc(NC(=O)CC[C@@H](C)[C@H]2CC[C@H]3[C@@H]4CC[C@@H]5C[C@H](O)CC[C@]5(C)[C@H]4C[C@H](O)[C@]23C)cc1. The van der Waals surface area contributed by atoms with Crippen LogP contribution in [0.5, 0.6) is 5.75 Å². The van der Waals surface area contributed by atoms with Crippen LogP contribution in [-0.4, -0.2) is 35.4 Å². The quantitative estimate of drug-likeness (QED) is 0.448. The van der Waals surface area contributed by atoms with Crippen molar-refractivity contribution in [1.82, 2.24) is 0 Å². The Kier molecular flexibility index (Phi) is 7.19. The monoisotopic (exact) mass is 497 g/mol. The molecule has 1 aromatic rings. The molecule has 0 unspecified atom stereocenters. The minimum atomic E-state index is -0.269.